The second kappa shape index (κ2) is 8.59. The van der Waals surface area contributed by atoms with E-state index in [9.17, 15) is 9.59 Å². The summed E-state index contributed by atoms with van der Waals surface area (Å²) in [4.78, 5) is 30.2. The third-order valence-electron chi connectivity index (χ3n) is 5.41. The summed E-state index contributed by atoms with van der Waals surface area (Å²) in [7, 11) is 0. The Morgan fingerprint density at radius 1 is 1.19 bits per heavy atom. The van der Waals surface area contributed by atoms with Crippen molar-refractivity contribution in [2.45, 2.75) is 40.0 Å². The van der Waals surface area contributed by atoms with Gasteiger partial charge in [0.05, 0.1) is 22.6 Å². The molecular formula is C24H23BrN4O2. The molecule has 31 heavy (non-hydrogen) atoms. The molecule has 0 saturated heterocycles. The summed E-state index contributed by atoms with van der Waals surface area (Å²) in [6.45, 7) is 5.53. The van der Waals surface area contributed by atoms with E-state index in [4.69, 9.17) is 4.98 Å². The van der Waals surface area contributed by atoms with Crippen LogP contribution < -0.4 is 5.56 Å². The molecule has 0 atom stereocenters. The minimum Gasteiger partial charge on any atom is -0.284 e. The monoisotopic (exact) mass is 478 g/mol. The molecule has 0 aliphatic carbocycles. The molecule has 0 unspecified atom stereocenters. The Kier molecular flexibility index (Phi) is 5.87. The number of nitrogens with zero attached hydrogens (tertiary/aromatic N) is 4. The highest BCUT2D eigenvalue weighted by Crippen LogP contribution is 2.24. The van der Waals surface area contributed by atoms with Gasteiger partial charge in [0.25, 0.3) is 5.56 Å². The maximum atomic E-state index is 13.3. The Bertz CT molecular complexity index is 1400. The molecule has 0 fully saturated rings. The Labute approximate surface area is 188 Å². The predicted octanol–water partition coefficient (Wildman–Crippen LogP) is 5.31. The second-order valence-corrected chi connectivity index (χ2v) is 8.44. The number of halogens is 1. The number of carbonyl (C=O) groups is 1. The van der Waals surface area contributed by atoms with Crippen molar-refractivity contribution >= 4 is 49.9 Å². The largest absolute Gasteiger partial charge is 0.284 e. The molecule has 2 aromatic carbocycles. The Morgan fingerprint density at radius 2 is 1.97 bits per heavy atom. The molecule has 2 heterocycles. The zero-order chi connectivity index (χ0) is 22.1. The fourth-order valence-electron chi connectivity index (χ4n) is 3.89. The van der Waals surface area contributed by atoms with Gasteiger partial charge in [-0.3, -0.25) is 14.2 Å². The van der Waals surface area contributed by atoms with Crippen LogP contribution in [0, 0.1) is 6.92 Å². The van der Waals surface area contributed by atoms with Crippen LogP contribution in [0.2, 0.25) is 0 Å². The lowest BCUT2D eigenvalue weighted by Crippen LogP contribution is -2.22. The molecule has 0 N–H and O–H groups in total. The second-order valence-electron chi connectivity index (χ2n) is 7.53. The average Bonchev–Trinajstić information content (AvgIpc) is 3.03. The summed E-state index contributed by atoms with van der Waals surface area (Å²) in [6, 6.07) is 13.2. The van der Waals surface area contributed by atoms with E-state index in [2.05, 4.69) is 28.0 Å². The number of aromatic nitrogens is 3. The molecule has 0 bridgehead atoms. The summed E-state index contributed by atoms with van der Waals surface area (Å²) in [5.41, 5.74) is 2.88. The third-order valence-corrected chi connectivity index (χ3v) is 5.90. The summed E-state index contributed by atoms with van der Waals surface area (Å²) < 4.78 is 3.88. The minimum absolute atomic E-state index is 0.0635. The van der Waals surface area contributed by atoms with E-state index in [0.29, 0.717) is 23.1 Å². The quantitative estimate of drug-likeness (QED) is 0.365. The minimum atomic E-state index is -0.207. The predicted molar refractivity (Wildman–Crippen MR) is 128 cm³/mol. The first-order valence-corrected chi connectivity index (χ1v) is 11.1. The summed E-state index contributed by atoms with van der Waals surface area (Å²) >= 11 is 3.43. The van der Waals surface area contributed by atoms with Crippen LogP contribution in [0.25, 0.3) is 21.8 Å². The lowest BCUT2D eigenvalue weighted by atomic mass is 10.1. The van der Waals surface area contributed by atoms with Gasteiger partial charge in [-0.1, -0.05) is 47.5 Å². The number of benzene rings is 2. The number of fused-ring (bicyclic) bond motifs is 2. The van der Waals surface area contributed by atoms with E-state index >= 15 is 0 Å². The Hall–Kier alpha value is -3.06. The Morgan fingerprint density at radius 3 is 2.71 bits per heavy atom. The van der Waals surface area contributed by atoms with Gasteiger partial charge in [-0.15, -0.1) is 0 Å². The van der Waals surface area contributed by atoms with Crippen LogP contribution in [-0.2, 0) is 6.42 Å². The number of hydrogen-bond donors (Lipinski definition) is 0. The first-order chi connectivity index (χ1) is 14.9. The van der Waals surface area contributed by atoms with Crippen molar-refractivity contribution < 1.29 is 4.79 Å². The van der Waals surface area contributed by atoms with Crippen molar-refractivity contribution in [3.63, 3.8) is 0 Å². The van der Waals surface area contributed by atoms with E-state index in [-0.39, 0.29) is 11.5 Å². The Balaban J connectivity index is 1.92. The average molecular weight is 479 g/mol. The van der Waals surface area contributed by atoms with E-state index < -0.39 is 0 Å². The first kappa shape index (κ1) is 21.2. The summed E-state index contributed by atoms with van der Waals surface area (Å²) in [6.07, 6.45) is 4.22. The molecule has 0 spiro atoms. The zero-order valence-electron chi connectivity index (χ0n) is 17.7. The van der Waals surface area contributed by atoms with Crippen molar-refractivity contribution in [1.82, 2.24) is 14.2 Å². The van der Waals surface area contributed by atoms with Gasteiger partial charge in [-0.2, -0.15) is 9.78 Å². The molecule has 0 radical (unpaired) electrons. The van der Waals surface area contributed by atoms with Crippen LogP contribution in [0.3, 0.4) is 0 Å². The van der Waals surface area contributed by atoms with E-state index in [0.717, 1.165) is 39.5 Å². The van der Waals surface area contributed by atoms with Crippen molar-refractivity contribution in [2.75, 3.05) is 0 Å². The van der Waals surface area contributed by atoms with Crippen LogP contribution in [0.1, 0.15) is 48.6 Å². The van der Waals surface area contributed by atoms with Crippen molar-refractivity contribution in [2.24, 2.45) is 5.10 Å². The summed E-state index contributed by atoms with van der Waals surface area (Å²) in [5.74, 6) is 0.567. The van der Waals surface area contributed by atoms with Crippen LogP contribution >= 0.6 is 15.9 Å². The fraction of sp³-hybridized carbons (Fsp3) is 0.250. The fourth-order valence-corrected chi connectivity index (χ4v) is 4.25. The maximum Gasteiger partial charge on any atom is 0.282 e. The van der Waals surface area contributed by atoms with Gasteiger partial charge in [0.2, 0.25) is 5.91 Å². The normalized spacial score (nSPS) is 11.7. The molecule has 158 valence electrons. The highest BCUT2D eigenvalue weighted by atomic mass is 79.9. The highest BCUT2D eigenvalue weighted by Gasteiger charge is 2.16. The van der Waals surface area contributed by atoms with Crippen molar-refractivity contribution in [3.05, 3.63) is 74.4 Å². The van der Waals surface area contributed by atoms with Gasteiger partial charge in [-0.25, -0.2) is 4.98 Å². The lowest BCUT2D eigenvalue weighted by molar-refractivity contribution is 0.0939. The molecule has 4 rings (SSSR count). The SMILES string of the molecule is CCCCc1nc2ccc(Br)cc2c(=O)n1N=Cc1c(C)n(C(C)=O)c2ccccc12. The van der Waals surface area contributed by atoms with Crippen LogP contribution in [0.4, 0.5) is 0 Å². The van der Waals surface area contributed by atoms with Crippen molar-refractivity contribution in [1.29, 1.82) is 0 Å². The molecule has 0 saturated carbocycles. The molecule has 0 aliphatic rings. The van der Waals surface area contributed by atoms with Gasteiger partial charge in [0, 0.05) is 34.5 Å². The highest BCUT2D eigenvalue weighted by molar-refractivity contribution is 9.10. The molecule has 6 nitrogen and oxygen atoms in total. The lowest BCUT2D eigenvalue weighted by Gasteiger charge is -2.09. The number of para-hydroxylation sites is 1. The number of aryl methyl sites for hydroxylation is 1. The first-order valence-electron chi connectivity index (χ1n) is 10.3. The summed E-state index contributed by atoms with van der Waals surface area (Å²) in [5, 5.41) is 5.99. The number of unbranched alkanes of at least 4 members (excludes halogenated alkanes) is 1. The van der Waals surface area contributed by atoms with Crippen molar-refractivity contribution in [3.8, 4) is 0 Å². The van der Waals surface area contributed by atoms with Crippen LogP contribution in [0.15, 0.2) is 56.8 Å². The van der Waals surface area contributed by atoms with Crippen LogP contribution in [0.5, 0.6) is 0 Å². The topological polar surface area (TPSA) is 69.2 Å². The number of rotatable bonds is 5. The molecule has 7 heteroatoms. The molecule has 0 aliphatic heterocycles. The van der Waals surface area contributed by atoms with Gasteiger partial charge in [-0.05, 0) is 37.6 Å². The van der Waals surface area contributed by atoms with Gasteiger partial charge in [0.1, 0.15) is 5.82 Å². The van der Waals surface area contributed by atoms with Gasteiger partial charge < -0.3 is 0 Å². The smallest absolute Gasteiger partial charge is 0.282 e. The molecule has 2 aromatic heterocycles. The standard InChI is InChI=1S/C24H23BrN4O2/c1-4-5-10-23-27-21-12-11-17(25)13-19(21)24(31)29(23)26-14-20-15(2)28(16(3)30)22-9-7-6-8-18(20)22/h6-9,11-14H,4-5,10H2,1-3H3. The number of carbonyl (C=O) groups excluding carboxylic acids is 1. The third kappa shape index (κ3) is 3.85. The number of hydrogen-bond acceptors (Lipinski definition) is 4. The van der Waals surface area contributed by atoms with Gasteiger partial charge in [0.15, 0.2) is 0 Å². The van der Waals surface area contributed by atoms with E-state index in [1.807, 2.05) is 43.3 Å². The van der Waals surface area contributed by atoms with E-state index in [1.165, 1.54) is 4.68 Å². The molecule has 4 aromatic rings. The zero-order valence-corrected chi connectivity index (χ0v) is 19.3. The van der Waals surface area contributed by atoms with Crippen LogP contribution in [-0.4, -0.2) is 26.3 Å². The maximum absolute atomic E-state index is 13.3. The molecular weight excluding hydrogens is 456 g/mol. The van der Waals surface area contributed by atoms with E-state index in [1.54, 1.807) is 23.8 Å². The van der Waals surface area contributed by atoms with Gasteiger partial charge >= 0.3 is 0 Å². The molecule has 0 amide bonds.